The molecule has 0 spiro atoms. The number of aromatic nitrogens is 1. The number of hydrogen-bond acceptors (Lipinski definition) is 5. The lowest BCUT2D eigenvalue weighted by Gasteiger charge is -2.38. The van der Waals surface area contributed by atoms with Crippen LogP contribution in [0.3, 0.4) is 0 Å². The molecule has 4 aliphatic rings. The Bertz CT molecular complexity index is 1290. The van der Waals surface area contributed by atoms with Gasteiger partial charge in [0.15, 0.2) is 0 Å². The van der Waals surface area contributed by atoms with Crippen molar-refractivity contribution in [3.8, 4) is 17.2 Å². The van der Waals surface area contributed by atoms with Crippen molar-refractivity contribution in [1.29, 1.82) is 0 Å². The van der Waals surface area contributed by atoms with Gasteiger partial charge in [0.25, 0.3) is 5.91 Å². The van der Waals surface area contributed by atoms with Crippen molar-refractivity contribution < 1.29 is 19.1 Å². The van der Waals surface area contributed by atoms with Gasteiger partial charge in [-0.1, -0.05) is 18.2 Å². The van der Waals surface area contributed by atoms with E-state index >= 15 is 0 Å². The number of carbonyl (C=O) groups excluding carboxylic acids is 2. The Morgan fingerprint density at radius 1 is 1.03 bits per heavy atom. The topological polar surface area (TPSA) is 80.8 Å². The van der Waals surface area contributed by atoms with Gasteiger partial charge in [-0.05, 0) is 72.7 Å². The Kier molecular flexibility index (Phi) is 5.60. The highest BCUT2D eigenvalue weighted by Crippen LogP contribution is 2.42. The van der Waals surface area contributed by atoms with E-state index in [2.05, 4.69) is 22.4 Å². The molecule has 2 amide bonds. The number of nitrogens with one attached hydrogen (secondary N) is 1. The summed E-state index contributed by atoms with van der Waals surface area (Å²) in [6.45, 7) is 1.62. The zero-order chi connectivity index (χ0) is 23.8. The van der Waals surface area contributed by atoms with Crippen molar-refractivity contribution in [2.45, 2.75) is 31.7 Å². The Balaban J connectivity index is 1.42. The fraction of sp³-hybridized carbons (Fsp3) is 0.321. The second-order valence-electron chi connectivity index (χ2n) is 9.36. The fourth-order valence-corrected chi connectivity index (χ4v) is 4.90. The number of ether oxygens (including phenoxy) is 2. The van der Waals surface area contributed by atoms with Crippen LogP contribution in [0.1, 0.15) is 52.4 Å². The van der Waals surface area contributed by atoms with Gasteiger partial charge in [0.05, 0.1) is 24.4 Å². The summed E-state index contributed by atoms with van der Waals surface area (Å²) in [6, 6.07) is 15.6. The van der Waals surface area contributed by atoms with Crippen LogP contribution in [-0.2, 0) is 11.2 Å². The van der Waals surface area contributed by atoms with E-state index in [0.29, 0.717) is 43.2 Å². The highest BCUT2D eigenvalue weighted by atomic mass is 16.5. The smallest absolute Gasteiger partial charge is 0.252 e. The number of pyridine rings is 1. The molecule has 3 aromatic rings. The number of carbonyl (C=O) groups is 2. The summed E-state index contributed by atoms with van der Waals surface area (Å²) in [5.74, 6) is 2.15. The van der Waals surface area contributed by atoms with Crippen molar-refractivity contribution in [2.75, 3.05) is 19.7 Å². The van der Waals surface area contributed by atoms with E-state index < -0.39 is 0 Å². The van der Waals surface area contributed by atoms with E-state index in [0.717, 1.165) is 41.7 Å². The third-order valence-electron chi connectivity index (χ3n) is 6.81. The average molecular weight is 470 g/mol. The van der Waals surface area contributed by atoms with Gasteiger partial charge < -0.3 is 19.7 Å². The molecule has 0 saturated heterocycles. The summed E-state index contributed by atoms with van der Waals surface area (Å²) in [5.41, 5.74) is 3.76. The van der Waals surface area contributed by atoms with Gasteiger partial charge >= 0.3 is 0 Å². The molecule has 1 N–H and O–H groups in total. The number of fused-ring (bicyclic) bond motifs is 6. The van der Waals surface area contributed by atoms with Gasteiger partial charge in [0.1, 0.15) is 17.2 Å². The zero-order valence-corrected chi connectivity index (χ0v) is 19.4. The van der Waals surface area contributed by atoms with E-state index in [4.69, 9.17) is 9.47 Å². The molecule has 1 atom stereocenters. The lowest BCUT2D eigenvalue weighted by atomic mass is 9.87. The molecule has 2 aromatic carbocycles. The van der Waals surface area contributed by atoms with Crippen LogP contribution in [0.2, 0.25) is 0 Å². The summed E-state index contributed by atoms with van der Waals surface area (Å²) >= 11 is 0. The molecule has 8 bridgehead atoms. The van der Waals surface area contributed by atoms with Gasteiger partial charge in [-0.15, -0.1) is 0 Å². The molecule has 1 saturated carbocycles. The molecule has 0 radical (unpaired) electrons. The number of benzene rings is 2. The molecule has 7 nitrogen and oxygen atoms in total. The maximum Gasteiger partial charge on any atom is 0.252 e. The molecule has 4 heterocycles. The first-order chi connectivity index (χ1) is 17.2. The molecule has 3 aliphatic heterocycles. The van der Waals surface area contributed by atoms with E-state index in [1.54, 1.807) is 12.3 Å². The van der Waals surface area contributed by atoms with Crippen LogP contribution >= 0.6 is 0 Å². The molecule has 35 heavy (non-hydrogen) atoms. The summed E-state index contributed by atoms with van der Waals surface area (Å²) in [4.78, 5) is 32.0. The van der Waals surface area contributed by atoms with Gasteiger partial charge in [-0.2, -0.15) is 0 Å². The predicted octanol–water partition coefficient (Wildman–Crippen LogP) is 4.27. The largest absolute Gasteiger partial charge is 0.494 e. The number of rotatable bonds is 1. The summed E-state index contributed by atoms with van der Waals surface area (Å²) in [5, 5.41) is 2.91. The standard InChI is InChI=1S/C28H27N3O4/c32-27-21-15-24(17-29-16-21)35-23-7-8-25-19(13-23)9-11-31(28(33)18-5-6-18)26(25)20-3-1-4-22(14-20)34-12-2-10-30-27/h1,3-4,7-8,13-18,26H,2,5-6,9-12H2,(H,30,32). The quantitative estimate of drug-likeness (QED) is 0.576. The molecule has 1 aromatic heterocycles. The monoisotopic (exact) mass is 469 g/mol. The van der Waals surface area contributed by atoms with Crippen LogP contribution in [0.4, 0.5) is 0 Å². The lowest BCUT2D eigenvalue weighted by Crippen LogP contribution is -2.41. The summed E-state index contributed by atoms with van der Waals surface area (Å²) < 4.78 is 12.1. The Morgan fingerprint density at radius 3 is 2.83 bits per heavy atom. The van der Waals surface area contributed by atoms with Gasteiger partial charge in [-0.3, -0.25) is 14.6 Å². The second-order valence-corrected chi connectivity index (χ2v) is 9.36. The van der Waals surface area contributed by atoms with Crippen LogP contribution in [-0.4, -0.2) is 41.4 Å². The first-order valence-corrected chi connectivity index (χ1v) is 12.2. The predicted molar refractivity (Wildman–Crippen MR) is 130 cm³/mol. The minimum Gasteiger partial charge on any atom is -0.494 e. The lowest BCUT2D eigenvalue weighted by molar-refractivity contribution is -0.134. The van der Waals surface area contributed by atoms with Crippen LogP contribution in [0.15, 0.2) is 60.9 Å². The molecule has 7 heteroatoms. The second kappa shape index (κ2) is 9.06. The molecule has 1 fully saturated rings. The van der Waals surface area contributed by atoms with Gasteiger partial charge in [0.2, 0.25) is 5.91 Å². The SMILES string of the molecule is O=C1NCCCOc2cccc(c2)C2c3ccc(cc3CCN2C(=O)C2CC2)Oc2cncc1c2. The zero-order valence-electron chi connectivity index (χ0n) is 19.4. The van der Waals surface area contributed by atoms with E-state index in [-0.39, 0.29) is 23.8 Å². The number of hydrogen-bond donors (Lipinski definition) is 1. The highest BCUT2D eigenvalue weighted by molar-refractivity contribution is 5.94. The number of amides is 2. The minimum atomic E-state index is -0.195. The van der Waals surface area contributed by atoms with E-state index in [1.165, 1.54) is 6.20 Å². The fourth-order valence-electron chi connectivity index (χ4n) is 4.90. The van der Waals surface area contributed by atoms with Crippen molar-refractivity contribution in [1.82, 2.24) is 15.2 Å². The third kappa shape index (κ3) is 4.46. The molecule has 1 unspecified atom stereocenters. The molecule has 178 valence electrons. The normalized spacial score (nSPS) is 19.6. The molecule has 7 rings (SSSR count). The summed E-state index contributed by atoms with van der Waals surface area (Å²) in [7, 11) is 0. The molecular weight excluding hydrogens is 442 g/mol. The molecular formula is C28H27N3O4. The van der Waals surface area contributed by atoms with Crippen molar-refractivity contribution in [3.05, 3.63) is 83.2 Å². The Labute approximate surface area is 204 Å². The number of nitrogens with zero attached hydrogens (tertiary/aromatic N) is 2. The highest BCUT2D eigenvalue weighted by Gasteiger charge is 2.39. The van der Waals surface area contributed by atoms with Crippen LogP contribution in [0, 0.1) is 5.92 Å². The maximum atomic E-state index is 13.3. The van der Waals surface area contributed by atoms with Gasteiger partial charge in [-0.25, -0.2) is 0 Å². The van der Waals surface area contributed by atoms with Crippen molar-refractivity contribution in [2.24, 2.45) is 5.92 Å². The van der Waals surface area contributed by atoms with Crippen molar-refractivity contribution >= 4 is 11.8 Å². The minimum absolute atomic E-state index is 0.154. The van der Waals surface area contributed by atoms with Crippen LogP contribution in [0.25, 0.3) is 0 Å². The molecule has 1 aliphatic carbocycles. The van der Waals surface area contributed by atoms with Crippen LogP contribution < -0.4 is 14.8 Å². The van der Waals surface area contributed by atoms with E-state index in [1.807, 2.05) is 35.2 Å². The van der Waals surface area contributed by atoms with E-state index in [9.17, 15) is 9.59 Å². The maximum absolute atomic E-state index is 13.3. The third-order valence-corrected chi connectivity index (χ3v) is 6.81. The Hall–Kier alpha value is -3.87. The Morgan fingerprint density at radius 2 is 1.94 bits per heavy atom. The average Bonchev–Trinajstić information content (AvgIpc) is 3.73. The van der Waals surface area contributed by atoms with Gasteiger partial charge in [0, 0.05) is 25.2 Å². The summed E-state index contributed by atoms with van der Waals surface area (Å²) in [6.07, 6.45) is 6.53. The van der Waals surface area contributed by atoms with Crippen molar-refractivity contribution in [3.63, 3.8) is 0 Å². The first-order valence-electron chi connectivity index (χ1n) is 12.2. The van der Waals surface area contributed by atoms with Crippen LogP contribution in [0.5, 0.6) is 17.2 Å². The first kappa shape index (κ1) is 21.6.